The van der Waals surface area contributed by atoms with Crippen LogP contribution in [0.4, 0.5) is 17.1 Å². The maximum atomic E-state index is 13.1. The van der Waals surface area contributed by atoms with Crippen molar-refractivity contribution < 1.29 is 18.1 Å². The van der Waals surface area contributed by atoms with Crippen LogP contribution in [0.5, 0.6) is 5.75 Å². The summed E-state index contributed by atoms with van der Waals surface area (Å²) in [7, 11) is -2.31. The van der Waals surface area contributed by atoms with Gasteiger partial charge in [-0.05, 0) is 48.2 Å². The number of hydrogen-bond donors (Lipinski definition) is 2. The molecular formula is C25H23N3O5S. The minimum atomic E-state index is -3.83. The number of hydrogen-bond acceptors (Lipinski definition) is 6. The monoisotopic (exact) mass is 477 g/mol. The zero-order valence-corrected chi connectivity index (χ0v) is 19.2. The Hall–Kier alpha value is -3.85. The summed E-state index contributed by atoms with van der Waals surface area (Å²) >= 11 is 0. The van der Waals surface area contributed by atoms with E-state index in [2.05, 4.69) is 22.2 Å². The number of rotatable bonds is 6. The fourth-order valence-electron chi connectivity index (χ4n) is 4.86. The fourth-order valence-corrected chi connectivity index (χ4v) is 5.95. The molecule has 1 aliphatic carbocycles. The number of anilines is 2. The van der Waals surface area contributed by atoms with Crippen molar-refractivity contribution >= 4 is 27.1 Å². The van der Waals surface area contributed by atoms with Gasteiger partial charge in [0.05, 0.1) is 34.2 Å². The van der Waals surface area contributed by atoms with E-state index in [9.17, 15) is 18.5 Å². The largest absolute Gasteiger partial charge is 0.497 e. The van der Waals surface area contributed by atoms with Crippen molar-refractivity contribution in [2.24, 2.45) is 5.92 Å². The van der Waals surface area contributed by atoms with Gasteiger partial charge in [-0.2, -0.15) is 0 Å². The van der Waals surface area contributed by atoms with Gasteiger partial charge in [-0.3, -0.25) is 14.8 Å². The molecule has 0 unspecified atom stereocenters. The molecule has 1 aliphatic heterocycles. The van der Waals surface area contributed by atoms with E-state index in [0.717, 1.165) is 17.7 Å². The molecule has 34 heavy (non-hydrogen) atoms. The second-order valence-electron chi connectivity index (χ2n) is 8.38. The highest BCUT2D eigenvalue weighted by molar-refractivity contribution is 7.92. The molecule has 0 bridgehead atoms. The Morgan fingerprint density at radius 2 is 1.88 bits per heavy atom. The topological polar surface area (TPSA) is 111 Å². The second-order valence-corrected chi connectivity index (χ2v) is 10.1. The predicted octanol–water partition coefficient (Wildman–Crippen LogP) is 5.23. The highest BCUT2D eigenvalue weighted by atomic mass is 32.2. The number of benzene rings is 3. The molecule has 174 valence electrons. The number of para-hydroxylation sites is 1. The van der Waals surface area contributed by atoms with Gasteiger partial charge >= 0.3 is 0 Å². The van der Waals surface area contributed by atoms with Gasteiger partial charge in [0.2, 0.25) is 0 Å². The van der Waals surface area contributed by atoms with Gasteiger partial charge in [-0.15, -0.1) is 0 Å². The van der Waals surface area contributed by atoms with E-state index in [1.165, 1.54) is 13.2 Å². The third-order valence-corrected chi connectivity index (χ3v) is 7.81. The lowest BCUT2D eigenvalue weighted by atomic mass is 9.76. The van der Waals surface area contributed by atoms with Crippen LogP contribution in [0.1, 0.15) is 29.5 Å². The van der Waals surface area contributed by atoms with Crippen LogP contribution in [0.3, 0.4) is 0 Å². The van der Waals surface area contributed by atoms with E-state index in [-0.39, 0.29) is 33.4 Å². The zero-order chi connectivity index (χ0) is 23.9. The molecule has 8 nitrogen and oxygen atoms in total. The summed E-state index contributed by atoms with van der Waals surface area (Å²) in [5, 5.41) is 15.1. The third kappa shape index (κ3) is 3.88. The highest BCUT2D eigenvalue weighted by Gasteiger charge is 2.40. The van der Waals surface area contributed by atoms with Crippen LogP contribution >= 0.6 is 0 Å². The summed E-state index contributed by atoms with van der Waals surface area (Å²) in [6.07, 6.45) is 4.87. The number of nitrogens with one attached hydrogen (secondary N) is 2. The van der Waals surface area contributed by atoms with E-state index in [0.29, 0.717) is 17.0 Å². The number of sulfonamides is 1. The number of allylic oxidation sites excluding steroid dienone is 2. The maximum absolute atomic E-state index is 13.1. The van der Waals surface area contributed by atoms with Crippen molar-refractivity contribution in [2.45, 2.75) is 23.3 Å². The van der Waals surface area contributed by atoms with Crippen LogP contribution in [0.15, 0.2) is 83.8 Å². The molecular weight excluding hydrogens is 454 g/mol. The molecule has 5 rings (SSSR count). The second kappa shape index (κ2) is 8.49. The molecule has 2 N–H and O–H groups in total. The lowest BCUT2D eigenvalue weighted by Crippen LogP contribution is -2.30. The van der Waals surface area contributed by atoms with Crippen molar-refractivity contribution in [1.82, 2.24) is 0 Å². The normalized spacial score (nSPS) is 20.7. The van der Waals surface area contributed by atoms with Gasteiger partial charge in [0, 0.05) is 23.7 Å². The van der Waals surface area contributed by atoms with Gasteiger partial charge < -0.3 is 10.1 Å². The lowest BCUT2D eigenvalue weighted by molar-refractivity contribution is -0.385. The highest BCUT2D eigenvalue weighted by Crippen LogP contribution is 2.51. The molecule has 0 radical (unpaired) electrons. The van der Waals surface area contributed by atoms with Crippen LogP contribution in [0, 0.1) is 16.0 Å². The molecule has 3 aromatic carbocycles. The Morgan fingerprint density at radius 1 is 1.06 bits per heavy atom. The summed E-state index contributed by atoms with van der Waals surface area (Å²) in [4.78, 5) is 11.4. The summed E-state index contributed by atoms with van der Waals surface area (Å²) in [5.41, 5.74) is 2.76. The Morgan fingerprint density at radius 3 is 2.68 bits per heavy atom. The maximum Gasteiger partial charge on any atom is 0.274 e. The van der Waals surface area contributed by atoms with Gasteiger partial charge in [0.1, 0.15) is 5.75 Å². The van der Waals surface area contributed by atoms with E-state index in [4.69, 9.17) is 4.74 Å². The fraction of sp³-hybridized carbons (Fsp3) is 0.200. The van der Waals surface area contributed by atoms with E-state index in [1.807, 2.05) is 0 Å². The number of ether oxygens (including phenoxy) is 1. The molecule has 1 heterocycles. The minimum Gasteiger partial charge on any atom is -0.497 e. The summed E-state index contributed by atoms with van der Waals surface area (Å²) in [5.74, 6) is 0.542. The Kier molecular flexibility index (Phi) is 5.49. The smallest absolute Gasteiger partial charge is 0.274 e. The predicted molar refractivity (Wildman–Crippen MR) is 130 cm³/mol. The van der Waals surface area contributed by atoms with Gasteiger partial charge in [0.25, 0.3) is 15.7 Å². The first-order valence-electron chi connectivity index (χ1n) is 10.8. The molecule has 0 amide bonds. The average Bonchev–Trinajstić information content (AvgIpc) is 3.33. The summed E-state index contributed by atoms with van der Waals surface area (Å²) in [6.45, 7) is 0. The summed E-state index contributed by atoms with van der Waals surface area (Å²) < 4.78 is 34.0. The van der Waals surface area contributed by atoms with Crippen LogP contribution in [-0.2, 0) is 10.0 Å². The van der Waals surface area contributed by atoms with Crippen LogP contribution < -0.4 is 14.8 Å². The molecule has 3 aromatic rings. The SMILES string of the molecule is COc1cccc(NS(=O)(=O)c2ccc3c(c2)[C@H]2C=CC[C@H]2[C@@H](c2ccccc2[N+](=O)[O-])N3)c1. The van der Waals surface area contributed by atoms with Crippen molar-refractivity contribution in [2.75, 3.05) is 17.1 Å². The molecule has 0 saturated heterocycles. The Bertz CT molecular complexity index is 1400. The van der Waals surface area contributed by atoms with Crippen molar-refractivity contribution in [3.8, 4) is 5.75 Å². The number of nitro benzene ring substituents is 1. The number of nitrogens with zero attached hydrogens (tertiary/aromatic N) is 1. The van der Waals surface area contributed by atoms with Crippen LogP contribution in [0.2, 0.25) is 0 Å². The van der Waals surface area contributed by atoms with Crippen molar-refractivity contribution in [3.05, 3.63) is 100 Å². The van der Waals surface area contributed by atoms with E-state index < -0.39 is 10.0 Å². The quantitative estimate of drug-likeness (QED) is 0.286. The standard InChI is InChI=1S/C25H23N3O5S/c1-33-17-7-4-6-16(14-17)27-34(31,32)18-12-13-23-22(15-18)19-9-5-10-20(19)25(26-23)21-8-2-3-11-24(21)28(29)30/h2-9,11-15,19-20,25-27H,10H2,1H3/t19-,20+,25-/m0/s1. The first-order chi connectivity index (χ1) is 16.4. The first-order valence-corrected chi connectivity index (χ1v) is 12.3. The van der Waals surface area contributed by atoms with E-state index in [1.54, 1.807) is 60.7 Å². The third-order valence-electron chi connectivity index (χ3n) is 6.44. The Labute approximate surface area is 197 Å². The van der Waals surface area contributed by atoms with Gasteiger partial charge in [-0.1, -0.05) is 36.4 Å². The van der Waals surface area contributed by atoms with Gasteiger partial charge in [0.15, 0.2) is 0 Å². The summed E-state index contributed by atoms with van der Waals surface area (Å²) in [6, 6.07) is 18.2. The van der Waals surface area contributed by atoms with Gasteiger partial charge in [-0.25, -0.2) is 8.42 Å². The average molecular weight is 478 g/mol. The van der Waals surface area contributed by atoms with Crippen molar-refractivity contribution in [1.29, 1.82) is 0 Å². The molecule has 3 atom stereocenters. The van der Waals surface area contributed by atoms with Crippen LogP contribution in [0.25, 0.3) is 0 Å². The molecule has 0 aromatic heterocycles. The first kappa shape index (κ1) is 22.0. The number of nitro groups is 1. The number of fused-ring (bicyclic) bond motifs is 3. The van der Waals surface area contributed by atoms with Crippen molar-refractivity contribution in [3.63, 3.8) is 0 Å². The Balaban J connectivity index is 1.50. The molecule has 9 heteroatoms. The zero-order valence-electron chi connectivity index (χ0n) is 18.3. The molecule has 0 saturated carbocycles. The minimum absolute atomic E-state index is 0.0397. The molecule has 0 fully saturated rings. The molecule has 0 spiro atoms. The molecule has 2 aliphatic rings. The number of methoxy groups -OCH3 is 1. The lowest BCUT2D eigenvalue weighted by Gasteiger charge is -2.37. The van der Waals surface area contributed by atoms with E-state index >= 15 is 0 Å². The van der Waals surface area contributed by atoms with Crippen LogP contribution in [-0.4, -0.2) is 20.5 Å².